The normalized spacial score (nSPS) is 9.89. The van der Waals surface area contributed by atoms with Crippen LogP contribution in [0.4, 0.5) is 20.7 Å². The molecule has 0 saturated heterocycles. The lowest BCUT2D eigenvalue weighted by Crippen LogP contribution is -2.20. The summed E-state index contributed by atoms with van der Waals surface area (Å²) in [7, 11) is 0. The van der Waals surface area contributed by atoms with E-state index in [4.69, 9.17) is 0 Å². The second-order valence-electron chi connectivity index (χ2n) is 3.29. The number of halogens is 2. The minimum atomic E-state index is -0.574. The summed E-state index contributed by atoms with van der Waals surface area (Å²) in [6, 6.07) is 3.95. The Morgan fingerprint density at radius 1 is 1.28 bits per heavy atom. The third kappa shape index (κ3) is 3.36. The Kier molecular flexibility index (Phi) is 4.03. The van der Waals surface area contributed by atoms with Gasteiger partial charge in [0.1, 0.15) is 5.82 Å². The summed E-state index contributed by atoms with van der Waals surface area (Å²) in [5.41, 5.74) is 0.108. The van der Waals surface area contributed by atoms with E-state index in [0.29, 0.717) is 5.82 Å². The smallest absolute Gasteiger partial charge is 0.305 e. The maximum atomic E-state index is 13.5. The first kappa shape index (κ1) is 12.7. The number of amides is 2. The van der Waals surface area contributed by atoms with E-state index in [-0.39, 0.29) is 5.69 Å². The Labute approximate surface area is 116 Å². The van der Waals surface area contributed by atoms with Crippen LogP contribution in [0.25, 0.3) is 0 Å². The van der Waals surface area contributed by atoms with Gasteiger partial charge >= 0.3 is 6.03 Å². The highest BCUT2D eigenvalue weighted by molar-refractivity contribution is 14.1. The number of urea groups is 1. The Morgan fingerprint density at radius 2 is 2.11 bits per heavy atom. The van der Waals surface area contributed by atoms with Crippen molar-refractivity contribution >= 4 is 40.1 Å². The lowest BCUT2D eigenvalue weighted by molar-refractivity contribution is 0.262. The highest BCUT2D eigenvalue weighted by Crippen LogP contribution is 2.17. The van der Waals surface area contributed by atoms with E-state index in [9.17, 15) is 9.18 Å². The number of nitrogens with one attached hydrogen (secondary N) is 2. The summed E-state index contributed by atoms with van der Waals surface area (Å²) in [4.78, 5) is 19.2. The number of aromatic nitrogens is 2. The third-order valence-corrected chi connectivity index (χ3v) is 2.66. The molecular weight excluding hydrogens is 350 g/mol. The van der Waals surface area contributed by atoms with Gasteiger partial charge in [0.25, 0.3) is 0 Å². The van der Waals surface area contributed by atoms with Gasteiger partial charge in [0, 0.05) is 16.0 Å². The fourth-order valence-corrected chi connectivity index (χ4v) is 1.68. The molecule has 18 heavy (non-hydrogen) atoms. The molecule has 92 valence electrons. The van der Waals surface area contributed by atoms with Gasteiger partial charge in [-0.1, -0.05) is 0 Å². The molecule has 1 aromatic carbocycles. The van der Waals surface area contributed by atoms with Gasteiger partial charge in [0.15, 0.2) is 5.82 Å². The second-order valence-corrected chi connectivity index (χ2v) is 4.54. The number of hydrogen-bond acceptors (Lipinski definition) is 3. The number of nitrogens with zero attached hydrogens (tertiary/aromatic N) is 2. The third-order valence-electron chi connectivity index (χ3n) is 1.98. The van der Waals surface area contributed by atoms with E-state index >= 15 is 0 Å². The van der Waals surface area contributed by atoms with Gasteiger partial charge in [0.2, 0.25) is 0 Å². The van der Waals surface area contributed by atoms with Crippen LogP contribution in [0.1, 0.15) is 0 Å². The van der Waals surface area contributed by atoms with Crippen molar-refractivity contribution < 1.29 is 9.18 Å². The largest absolute Gasteiger partial charge is 0.324 e. The first-order valence-corrected chi connectivity index (χ1v) is 6.02. The lowest BCUT2D eigenvalue weighted by atomic mass is 10.3. The van der Waals surface area contributed by atoms with E-state index in [0.717, 1.165) is 3.57 Å². The molecule has 2 rings (SSSR count). The minimum Gasteiger partial charge on any atom is -0.305 e. The monoisotopic (exact) mass is 358 g/mol. The molecule has 0 aliphatic rings. The van der Waals surface area contributed by atoms with E-state index in [1.165, 1.54) is 30.7 Å². The first-order chi connectivity index (χ1) is 8.65. The molecule has 2 aromatic rings. The molecule has 0 atom stereocenters. The molecule has 0 spiro atoms. The van der Waals surface area contributed by atoms with Gasteiger partial charge in [-0.25, -0.2) is 14.2 Å². The summed E-state index contributed by atoms with van der Waals surface area (Å²) in [6.45, 7) is 0. The van der Waals surface area contributed by atoms with E-state index < -0.39 is 11.8 Å². The van der Waals surface area contributed by atoms with Crippen molar-refractivity contribution in [2.75, 3.05) is 10.6 Å². The van der Waals surface area contributed by atoms with Crippen molar-refractivity contribution in [2.45, 2.75) is 0 Å². The van der Waals surface area contributed by atoms with Crippen molar-refractivity contribution in [1.82, 2.24) is 9.97 Å². The zero-order valence-corrected chi connectivity index (χ0v) is 11.2. The van der Waals surface area contributed by atoms with E-state index in [2.05, 4.69) is 20.6 Å². The highest BCUT2D eigenvalue weighted by Gasteiger charge is 2.07. The molecule has 0 saturated carbocycles. The molecule has 0 fully saturated rings. The molecule has 0 unspecified atom stereocenters. The molecule has 0 radical (unpaired) electrons. The van der Waals surface area contributed by atoms with Crippen molar-refractivity contribution in [3.8, 4) is 0 Å². The zero-order valence-electron chi connectivity index (χ0n) is 9.02. The minimum absolute atomic E-state index is 0.108. The van der Waals surface area contributed by atoms with Crippen LogP contribution in [0.3, 0.4) is 0 Å². The molecule has 7 heteroatoms. The molecule has 1 heterocycles. The predicted molar refractivity (Wildman–Crippen MR) is 73.8 cm³/mol. The summed E-state index contributed by atoms with van der Waals surface area (Å²) in [5, 5.41) is 4.83. The maximum absolute atomic E-state index is 13.5. The number of anilines is 2. The molecule has 0 bridgehead atoms. The number of hydrogen-bond donors (Lipinski definition) is 2. The standard InChI is InChI=1S/C11H8FIN4O/c12-8-5-7(13)1-2-9(8)16-11(18)17-10-6-14-3-4-15-10/h1-6H,(H2,15,16,17,18). The van der Waals surface area contributed by atoms with Gasteiger partial charge in [-0.3, -0.25) is 10.3 Å². The quantitative estimate of drug-likeness (QED) is 0.812. The van der Waals surface area contributed by atoms with Crippen LogP contribution in [0.2, 0.25) is 0 Å². The molecule has 1 aromatic heterocycles. The summed E-state index contributed by atoms with van der Waals surface area (Å²) < 4.78 is 14.2. The SMILES string of the molecule is O=C(Nc1cnccn1)Nc1ccc(I)cc1F. The van der Waals surface area contributed by atoms with Crippen LogP contribution in [0, 0.1) is 9.39 Å². The molecule has 2 N–H and O–H groups in total. The molecule has 0 aliphatic heterocycles. The molecule has 0 aliphatic carbocycles. The fourth-order valence-electron chi connectivity index (χ4n) is 1.22. The van der Waals surface area contributed by atoms with Crippen molar-refractivity contribution in [1.29, 1.82) is 0 Å². The van der Waals surface area contributed by atoms with Gasteiger partial charge in [-0.15, -0.1) is 0 Å². The maximum Gasteiger partial charge on any atom is 0.324 e. The summed E-state index contributed by atoms with van der Waals surface area (Å²) in [5.74, 6) is -0.197. The number of carbonyl (C=O) groups is 1. The lowest BCUT2D eigenvalue weighted by Gasteiger charge is -2.07. The Hall–Kier alpha value is -1.77. The van der Waals surface area contributed by atoms with E-state index in [1.54, 1.807) is 6.07 Å². The van der Waals surface area contributed by atoms with Crippen molar-refractivity contribution in [2.24, 2.45) is 0 Å². The van der Waals surface area contributed by atoms with Crippen molar-refractivity contribution in [3.63, 3.8) is 0 Å². The second kappa shape index (κ2) is 5.71. The Balaban J connectivity index is 2.03. The molecule has 5 nitrogen and oxygen atoms in total. The Bertz CT molecular complexity index is 564. The average Bonchev–Trinajstić information content (AvgIpc) is 2.34. The summed E-state index contributed by atoms with van der Waals surface area (Å²) >= 11 is 1.99. The van der Waals surface area contributed by atoms with Gasteiger partial charge in [-0.05, 0) is 40.8 Å². The summed E-state index contributed by atoms with van der Waals surface area (Å²) in [6.07, 6.45) is 4.33. The number of benzene rings is 1. The molecule has 2 amide bonds. The van der Waals surface area contributed by atoms with Crippen LogP contribution >= 0.6 is 22.6 Å². The molecular formula is C11H8FIN4O. The van der Waals surface area contributed by atoms with E-state index in [1.807, 2.05) is 22.6 Å². The number of rotatable bonds is 2. The van der Waals surface area contributed by atoms with Gasteiger partial charge in [-0.2, -0.15) is 0 Å². The average molecular weight is 358 g/mol. The van der Waals surface area contributed by atoms with Crippen LogP contribution in [-0.2, 0) is 0 Å². The van der Waals surface area contributed by atoms with Gasteiger partial charge < -0.3 is 5.32 Å². The predicted octanol–water partition coefficient (Wildman–Crippen LogP) is 2.86. The number of carbonyl (C=O) groups excluding carboxylic acids is 1. The Morgan fingerprint density at radius 3 is 2.78 bits per heavy atom. The van der Waals surface area contributed by atoms with Crippen LogP contribution in [-0.4, -0.2) is 16.0 Å². The van der Waals surface area contributed by atoms with Crippen LogP contribution in [0.15, 0.2) is 36.8 Å². The fraction of sp³-hybridized carbons (Fsp3) is 0. The topological polar surface area (TPSA) is 66.9 Å². The van der Waals surface area contributed by atoms with Crippen LogP contribution < -0.4 is 10.6 Å². The first-order valence-electron chi connectivity index (χ1n) is 4.94. The van der Waals surface area contributed by atoms with Gasteiger partial charge in [0.05, 0.1) is 11.9 Å². The highest BCUT2D eigenvalue weighted by atomic mass is 127. The zero-order chi connectivity index (χ0) is 13.0. The van der Waals surface area contributed by atoms with Crippen LogP contribution in [0.5, 0.6) is 0 Å². The van der Waals surface area contributed by atoms with Crippen molar-refractivity contribution in [3.05, 3.63) is 46.2 Å².